The van der Waals surface area contributed by atoms with E-state index in [1.807, 2.05) is 24.3 Å². The van der Waals surface area contributed by atoms with Gasteiger partial charge in [0, 0.05) is 18.0 Å². The highest BCUT2D eigenvalue weighted by Gasteiger charge is 2.16. The van der Waals surface area contributed by atoms with Crippen LogP contribution in [0.5, 0.6) is 11.5 Å². The van der Waals surface area contributed by atoms with E-state index in [-0.39, 0.29) is 28.9 Å². The van der Waals surface area contributed by atoms with E-state index in [1.54, 1.807) is 6.07 Å². The standard InChI is InChI=1S/C19H22N4O2/c1-11(2)13(20)10-21-18-12-6-3-4-7-14(12)22-19(23-18)17-15(24)8-5-9-16(17)25/h3-9,11,13,24-25H,10,20H2,1-2H3,(H,21,22,23). The van der Waals surface area contributed by atoms with Crippen molar-refractivity contribution in [2.75, 3.05) is 11.9 Å². The van der Waals surface area contributed by atoms with E-state index in [9.17, 15) is 10.2 Å². The van der Waals surface area contributed by atoms with Gasteiger partial charge in [0.15, 0.2) is 5.82 Å². The molecule has 0 aliphatic carbocycles. The summed E-state index contributed by atoms with van der Waals surface area (Å²) in [6, 6.07) is 12.1. The predicted octanol–water partition coefficient (Wildman–Crippen LogP) is 3.10. The van der Waals surface area contributed by atoms with Gasteiger partial charge in [0.25, 0.3) is 0 Å². The van der Waals surface area contributed by atoms with E-state index in [4.69, 9.17) is 5.73 Å². The monoisotopic (exact) mass is 338 g/mol. The quantitative estimate of drug-likeness (QED) is 0.570. The number of nitrogens with zero attached hydrogens (tertiary/aromatic N) is 2. The van der Waals surface area contributed by atoms with Crippen LogP contribution >= 0.6 is 0 Å². The molecule has 0 radical (unpaired) electrons. The molecular weight excluding hydrogens is 316 g/mol. The normalized spacial score (nSPS) is 12.5. The number of hydrogen-bond donors (Lipinski definition) is 4. The third-order valence-electron chi connectivity index (χ3n) is 4.21. The zero-order valence-electron chi connectivity index (χ0n) is 14.3. The van der Waals surface area contributed by atoms with Crippen molar-refractivity contribution in [3.8, 4) is 22.9 Å². The van der Waals surface area contributed by atoms with Crippen molar-refractivity contribution < 1.29 is 10.2 Å². The van der Waals surface area contributed by atoms with Crippen LogP contribution in [0.4, 0.5) is 5.82 Å². The summed E-state index contributed by atoms with van der Waals surface area (Å²) < 4.78 is 0. The SMILES string of the molecule is CC(C)C(N)CNc1nc(-c2c(O)cccc2O)nc2ccccc12. The maximum Gasteiger partial charge on any atom is 0.169 e. The van der Waals surface area contributed by atoms with Crippen molar-refractivity contribution in [2.24, 2.45) is 11.7 Å². The van der Waals surface area contributed by atoms with Gasteiger partial charge in [0.05, 0.1) is 5.52 Å². The number of para-hydroxylation sites is 1. The van der Waals surface area contributed by atoms with E-state index >= 15 is 0 Å². The first kappa shape index (κ1) is 17.0. The molecule has 3 rings (SSSR count). The molecular formula is C19H22N4O2. The Morgan fingerprint density at radius 3 is 2.36 bits per heavy atom. The number of phenolic OH excluding ortho intramolecular Hbond substituents is 2. The summed E-state index contributed by atoms with van der Waals surface area (Å²) in [5.41, 5.74) is 7.05. The molecule has 130 valence electrons. The fraction of sp³-hybridized carbons (Fsp3) is 0.263. The smallest absolute Gasteiger partial charge is 0.169 e. The van der Waals surface area contributed by atoms with Gasteiger partial charge in [-0.2, -0.15) is 0 Å². The van der Waals surface area contributed by atoms with Crippen LogP contribution in [-0.2, 0) is 0 Å². The molecule has 0 fully saturated rings. The minimum absolute atomic E-state index is 0.0179. The third kappa shape index (κ3) is 3.49. The Labute approximate surface area is 146 Å². The van der Waals surface area contributed by atoms with Crippen molar-refractivity contribution in [1.29, 1.82) is 0 Å². The summed E-state index contributed by atoms with van der Waals surface area (Å²) in [5, 5.41) is 24.4. The molecule has 3 aromatic rings. The molecule has 0 amide bonds. The van der Waals surface area contributed by atoms with Gasteiger partial charge in [-0.25, -0.2) is 9.97 Å². The van der Waals surface area contributed by atoms with E-state index in [2.05, 4.69) is 29.1 Å². The van der Waals surface area contributed by atoms with Gasteiger partial charge in [0.2, 0.25) is 0 Å². The van der Waals surface area contributed by atoms with E-state index in [0.717, 1.165) is 10.9 Å². The molecule has 0 aliphatic rings. The minimum Gasteiger partial charge on any atom is -0.507 e. The molecule has 6 heteroatoms. The maximum absolute atomic E-state index is 10.1. The van der Waals surface area contributed by atoms with E-state index < -0.39 is 0 Å². The van der Waals surface area contributed by atoms with Gasteiger partial charge in [-0.15, -0.1) is 0 Å². The first-order chi connectivity index (χ1) is 12.0. The average Bonchev–Trinajstić information content (AvgIpc) is 2.59. The summed E-state index contributed by atoms with van der Waals surface area (Å²) in [5.74, 6) is 1.08. The third-order valence-corrected chi connectivity index (χ3v) is 4.21. The molecule has 0 bridgehead atoms. The second kappa shape index (κ2) is 6.94. The lowest BCUT2D eigenvalue weighted by atomic mass is 10.1. The molecule has 0 saturated heterocycles. The number of aromatic hydroxyl groups is 2. The first-order valence-corrected chi connectivity index (χ1v) is 8.25. The van der Waals surface area contributed by atoms with Gasteiger partial charge in [-0.1, -0.05) is 32.0 Å². The predicted molar refractivity (Wildman–Crippen MR) is 99.6 cm³/mol. The highest BCUT2D eigenvalue weighted by Crippen LogP contribution is 2.36. The molecule has 1 unspecified atom stereocenters. The van der Waals surface area contributed by atoms with Crippen LogP contribution in [0.25, 0.3) is 22.3 Å². The molecule has 2 aromatic carbocycles. The summed E-state index contributed by atoms with van der Waals surface area (Å²) in [6.45, 7) is 4.69. The van der Waals surface area contributed by atoms with Crippen molar-refractivity contribution in [3.63, 3.8) is 0 Å². The van der Waals surface area contributed by atoms with Crippen LogP contribution in [0.2, 0.25) is 0 Å². The van der Waals surface area contributed by atoms with Crippen molar-refractivity contribution in [3.05, 3.63) is 42.5 Å². The zero-order valence-corrected chi connectivity index (χ0v) is 14.3. The lowest BCUT2D eigenvalue weighted by Gasteiger charge is -2.18. The summed E-state index contributed by atoms with van der Waals surface area (Å²) >= 11 is 0. The number of nitrogens with two attached hydrogens (primary N) is 1. The second-order valence-electron chi connectivity index (χ2n) is 6.37. The van der Waals surface area contributed by atoms with Crippen molar-refractivity contribution in [2.45, 2.75) is 19.9 Å². The maximum atomic E-state index is 10.1. The number of hydrogen-bond acceptors (Lipinski definition) is 6. The number of aromatic nitrogens is 2. The molecule has 1 heterocycles. The summed E-state index contributed by atoms with van der Waals surface area (Å²) in [6.07, 6.45) is 0. The van der Waals surface area contributed by atoms with Gasteiger partial charge in [0.1, 0.15) is 22.9 Å². The minimum atomic E-state index is -0.0693. The molecule has 5 N–H and O–H groups in total. The Kier molecular flexibility index (Phi) is 4.72. The Hall–Kier alpha value is -2.86. The van der Waals surface area contributed by atoms with Crippen LogP contribution in [-0.4, -0.2) is 32.8 Å². The largest absolute Gasteiger partial charge is 0.507 e. The van der Waals surface area contributed by atoms with Gasteiger partial charge >= 0.3 is 0 Å². The highest BCUT2D eigenvalue weighted by atomic mass is 16.3. The Morgan fingerprint density at radius 2 is 1.68 bits per heavy atom. The lowest BCUT2D eigenvalue weighted by Crippen LogP contribution is -2.34. The Balaban J connectivity index is 2.09. The number of rotatable bonds is 5. The zero-order chi connectivity index (χ0) is 18.0. The fourth-order valence-corrected chi connectivity index (χ4v) is 2.53. The van der Waals surface area contributed by atoms with Crippen molar-refractivity contribution >= 4 is 16.7 Å². The second-order valence-corrected chi connectivity index (χ2v) is 6.37. The number of nitrogens with one attached hydrogen (secondary N) is 1. The lowest BCUT2D eigenvalue weighted by molar-refractivity contribution is 0.453. The van der Waals surface area contributed by atoms with Gasteiger partial charge in [-0.05, 0) is 30.2 Å². The number of anilines is 1. The highest BCUT2D eigenvalue weighted by molar-refractivity contribution is 5.91. The molecule has 0 saturated carbocycles. The van der Waals surface area contributed by atoms with Gasteiger partial charge < -0.3 is 21.3 Å². The number of fused-ring (bicyclic) bond motifs is 1. The number of benzene rings is 2. The molecule has 1 atom stereocenters. The van der Waals surface area contributed by atoms with Gasteiger partial charge in [-0.3, -0.25) is 0 Å². The Bertz CT molecular complexity index is 875. The van der Waals surface area contributed by atoms with E-state index in [0.29, 0.717) is 18.3 Å². The average molecular weight is 338 g/mol. The molecule has 1 aromatic heterocycles. The topological polar surface area (TPSA) is 104 Å². The molecule has 25 heavy (non-hydrogen) atoms. The van der Waals surface area contributed by atoms with Crippen LogP contribution in [0.1, 0.15) is 13.8 Å². The fourth-order valence-electron chi connectivity index (χ4n) is 2.53. The Morgan fingerprint density at radius 1 is 1.00 bits per heavy atom. The summed E-state index contributed by atoms with van der Waals surface area (Å²) in [7, 11) is 0. The van der Waals surface area contributed by atoms with Crippen LogP contribution in [0.3, 0.4) is 0 Å². The molecule has 0 aliphatic heterocycles. The summed E-state index contributed by atoms with van der Waals surface area (Å²) in [4.78, 5) is 9.01. The molecule has 0 spiro atoms. The first-order valence-electron chi connectivity index (χ1n) is 8.25. The van der Waals surface area contributed by atoms with Crippen LogP contribution in [0, 0.1) is 5.92 Å². The van der Waals surface area contributed by atoms with Crippen LogP contribution in [0.15, 0.2) is 42.5 Å². The molecule has 6 nitrogen and oxygen atoms in total. The van der Waals surface area contributed by atoms with Crippen molar-refractivity contribution in [1.82, 2.24) is 9.97 Å². The van der Waals surface area contributed by atoms with E-state index in [1.165, 1.54) is 12.1 Å². The van der Waals surface area contributed by atoms with Crippen LogP contribution < -0.4 is 11.1 Å². The number of phenols is 2.